The summed E-state index contributed by atoms with van der Waals surface area (Å²) in [5.74, 6) is 0.118. The van der Waals surface area contributed by atoms with Crippen molar-refractivity contribution in [2.45, 2.75) is 31.1 Å². The third-order valence-electron chi connectivity index (χ3n) is 2.86. The molecule has 0 bridgehead atoms. The van der Waals surface area contributed by atoms with Gasteiger partial charge in [0, 0.05) is 25.4 Å². The van der Waals surface area contributed by atoms with E-state index in [2.05, 4.69) is 9.71 Å². The molecule has 6 nitrogen and oxygen atoms in total. The fourth-order valence-electron chi connectivity index (χ4n) is 1.81. The molecular formula is C12H20N2O4S. The second-order valence-electron chi connectivity index (χ2n) is 4.41. The first kappa shape index (κ1) is 15.9. The van der Waals surface area contributed by atoms with Crippen LogP contribution in [0.15, 0.2) is 28.0 Å². The third-order valence-corrected chi connectivity index (χ3v) is 4.28. The Hall–Kier alpha value is -1.18. The Labute approximate surface area is 112 Å². The highest BCUT2D eigenvalue weighted by molar-refractivity contribution is 7.89. The Balaban J connectivity index is 2.68. The molecule has 0 aliphatic carbocycles. The highest BCUT2D eigenvalue weighted by Gasteiger charge is 2.16. The van der Waals surface area contributed by atoms with E-state index in [0.29, 0.717) is 6.42 Å². The fourth-order valence-corrected chi connectivity index (χ4v) is 2.90. The largest absolute Gasteiger partial charge is 0.396 e. The van der Waals surface area contributed by atoms with Gasteiger partial charge in [0.2, 0.25) is 15.6 Å². The lowest BCUT2D eigenvalue weighted by atomic mass is 10.0. The Morgan fingerprint density at radius 3 is 2.63 bits per heavy atom. The molecule has 1 rings (SSSR count). The van der Waals surface area contributed by atoms with Crippen molar-refractivity contribution < 1.29 is 13.5 Å². The van der Waals surface area contributed by atoms with E-state index < -0.39 is 10.0 Å². The normalized spacial score (nSPS) is 13.4. The number of rotatable bonds is 8. The zero-order valence-electron chi connectivity index (χ0n) is 10.9. The topological polar surface area (TPSA) is 99.3 Å². The first-order valence-electron chi connectivity index (χ1n) is 6.29. The van der Waals surface area contributed by atoms with E-state index in [-0.39, 0.29) is 29.5 Å². The van der Waals surface area contributed by atoms with Crippen LogP contribution in [0.5, 0.6) is 0 Å². The second kappa shape index (κ2) is 7.42. The lowest BCUT2D eigenvalue weighted by Crippen LogP contribution is -2.30. The molecule has 1 atom stereocenters. The maximum absolute atomic E-state index is 12.0. The number of hydrogen-bond acceptors (Lipinski definition) is 4. The van der Waals surface area contributed by atoms with E-state index in [4.69, 9.17) is 5.11 Å². The number of hydrogen-bond donors (Lipinski definition) is 3. The van der Waals surface area contributed by atoms with E-state index in [1.807, 2.05) is 6.92 Å². The summed E-state index contributed by atoms with van der Waals surface area (Å²) in [5.41, 5.74) is -0.344. The summed E-state index contributed by atoms with van der Waals surface area (Å²) in [6.45, 7) is 2.35. The van der Waals surface area contributed by atoms with Crippen molar-refractivity contribution in [3.63, 3.8) is 0 Å². The molecule has 0 fully saturated rings. The summed E-state index contributed by atoms with van der Waals surface area (Å²) in [7, 11) is -3.61. The number of sulfonamides is 1. The van der Waals surface area contributed by atoms with Crippen molar-refractivity contribution in [2.24, 2.45) is 5.92 Å². The highest BCUT2D eigenvalue weighted by Crippen LogP contribution is 2.11. The molecule has 1 aromatic rings. The molecule has 0 saturated carbocycles. The monoisotopic (exact) mass is 288 g/mol. The van der Waals surface area contributed by atoms with Gasteiger partial charge in [-0.05, 0) is 24.8 Å². The molecule has 1 unspecified atom stereocenters. The average molecular weight is 288 g/mol. The van der Waals surface area contributed by atoms with Gasteiger partial charge in [-0.15, -0.1) is 0 Å². The van der Waals surface area contributed by atoms with E-state index in [1.165, 1.54) is 18.3 Å². The minimum atomic E-state index is -3.61. The van der Waals surface area contributed by atoms with Crippen molar-refractivity contribution in [1.29, 1.82) is 0 Å². The molecule has 0 aliphatic heterocycles. The van der Waals surface area contributed by atoms with Gasteiger partial charge in [-0.3, -0.25) is 4.79 Å². The summed E-state index contributed by atoms with van der Waals surface area (Å²) < 4.78 is 26.4. The summed E-state index contributed by atoms with van der Waals surface area (Å²) >= 11 is 0. The van der Waals surface area contributed by atoms with Gasteiger partial charge in [-0.25, -0.2) is 13.1 Å². The molecule has 0 saturated heterocycles. The standard InChI is InChI=1S/C12H20N2O4S/c1-2-3-10(6-7-15)8-14-19(17,18)11-4-5-12(16)13-9-11/h4-5,9-10,14-15H,2-3,6-8H2,1H3,(H,13,16). The molecule has 7 heteroatoms. The zero-order valence-corrected chi connectivity index (χ0v) is 11.7. The summed E-state index contributed by atoms with van der Waals surface area (Å²) in [6, 6.07) is 2.44. The van der Waals surface area contributed by atoms with Crippen LogP contribution in [0.25, 0.3) is 0 Å². The van der Waals surface area contributed by atoms with Gasteiger partial charge in [0.1, 0.15) is 0 Å². The molecule has 108 valence electrons. The van der Waals surface area contributed by atoms with Crippen LogP contribution >= 0.6 is 0 Å². The summed E-state index contributed by atoms with van der Waals surface area (Å²) in [5, 5.41) is 8.92. The van der Waals surface area contributed by atoms with Gasteiger partial charge in [0.25, 0.3) is 0 Å². The number of aromatic amines is 1. The van der Waals surface area contributed by atoms with E-state index in [9.17, 15) is 13.2 Å². The fraction of sp³-hybridized carbons (Fsp3) is 0.583. The van der Waals surface area contributed by atoms with Crippen LogP contribution in [0, 0.1) is 5.92 Å². The molecule has 19 heavy (non-hydrogen) atoms. The molecule has 1 heterocycles. The number of pyridine rings is 1. The number of aliphatic hydroxyl groups is 1. The number of nitrogens with one attached hydrogen (secondary N) is 2. The van der Waals surface area contributed by atoms with Gasteiger partial charge < -0.3 is 10.1 Å². The lowest BCUT2D eigenvalue weighted by Gasteiger charge is -2.15. The van der Waals surface area contributed by atoms with Crippen molar-refractivity contribution in [2.75, 3.05) is 13.2 Å². The van der Waals surface area contributed by atoms with Crippen LogP contribution in [-0.4, -0.2) is 31.7 Å². The van der Waals surface area contributed by atoms with Crippen molar-refractivity contribution in [3.05, 3.63) is 28.7 Å². The number of aromatic nitrogens is 1. The molecule has 0 aromatic carbocycles. The third kappa shape index (κ3) is 5.14. The molecular weight excluding hydrogens is 268 g/mol. The molecule has 0 amide bonds. The van der Waals surface area contributed by atoms with Gasteiger partial charge in [0.05, 0.1) is 4.90 Å². The van der Waals surface area contributed by atoms with Gasteiger partial charge in [-0.1, -0.05) is 13.3 Å². The first-order valence-corrected chi connectivity index (χ1v) is 7.77. The first-order chi connectivity index (χ1) is 8.99. The van der Waals surface area contributed by atoms with E-state index in [0.717, 1.165) is 12.8 Å². The maximum atomic E-state index is 12.0. The predicted octanol–water partition coefficient (Wildman–Crippen LogP) is 0.452. The van der Waals surface area contributed by atoms with E-state index in [1.54, 1.807) is 0 Å². The smallest absolute Gasteiger partial charge is 0.247 e. The van der Waals surface area contributed by atoms with E-state index >= 15 is 0 Å². The zero-order chi connectivity index (χ0) is 14.3. The minimum Gasteiger partial charge on any atom is -0.396 e. The Bertz CT molecular complexity index is 512. The number of H-pyrrole nitrogens is 1. The van der Waals surface area contributed by atoms with Gasteiger partial charge >= 0.3 is 0 Å². The summed E-state index contributed by atoms with van der Waals surface area (Å²) in [4.78, 5) is 13.2. The second-order valence-corrected chi connectivity index (χ2v) is 6.17. The SMILES string of the molecule is CCCC(CCO)CNS(=O)(=O)c1ccc(=O)[nH]c1. The van der Waals surface area contributed by atoms with Crippen molar-refractivity contribution in [1.82, 2.24) is 9.71 Å². The average Bonchev–Trinajstić information content (AvgIpc) is 2.37. The van der Waals surface area contributed by atoms with Crippen LogP contribution in [-0.2, 0) is 10.0 Å². The lowest BCUT2D eigenvalue weighted by molar-refractivity contribution is 0.251. The molecule has 0 aliphatic rings. The van der Waals surface area contributed by atoms with Crippen LogP contribution in [0.1, 0.15) is 26.2 Å². The van der Waals surface area contributed by atoms with Crippen molar-refractivity contribution >= 4 is 10.0 Å². The Kier molecular flexibility index (Phi) is 6.20. The summed E-state index contributed by atoms with van der Waals surface area (Å²) in [6.07, 6.45) is 3.53. The van der Waals surface area contributed by atoms with Crippen LogP contribution in [0.3, 0.4) is 0 Å². The molecule has 3 N–H and O–H groups in total. The van der Waals surface area contributed by atoms with Crippen LogP contribution < -0.4 is 10.3 Å². The molecule has 1 aromatic heterocycles. The molecule has 0 radical (unpaired) electrons. The van der Waals surface area contributed by atoms with Gasteiger partial charge in [0.15, 0.2) is 0 Å². The van der Waals surface area contributed by atoms with Crippen molar-refractivity contribution in [3.8, 4) is 0 Å². The number of aliphatic hydroxyl groups excluding tert-OH is 1. The van der Waals surface area contributed by atoms with Gasteiger partial charge in [-0.2, -0.15) is 0 Å². The molecule has 0 spiro atoms. The van der Waals surface area contributed by atoms with Crippen LogP contribution in [0.2, 0.25) is 0 Å². The quantitative estimate of drug-likeness (QED) is 0.646. The minimum absolute atomic E-state index is 0.0337. The Morgan fingerprint density at radius 1 is 1.37 bits per heavy atom. The Morgan fingerprint density at radius 2 is 2.11 bits per heavy atom. The predicted molar refractivity (Wildman–Crippen MR) is 72.4 cm³/mol. The maximum Gasteiger partial charge on any atom is 0.247 e. The van der Waals surface area contributed by atoms with Crippen LogP contribution in [0.4, 0.5) is 0 Å². The highest BCUT2D eigenvalue weighted by atomic mass is 32.2.